The zero-order chi connectivity index (χ0) is 7.98. The summed E-state index contributed by atoms with van der Waals surface area (Å²) in [4.78, 5) is 10.5. The Bertz CT molecular complexity index is 106. The van der Waals surface area contributed by atoms with Crippen molar-refractivity contribution in [3.05, 3.63) is 0 Å². The number of carbonyl (C=O) groups is 1. The van der Waals surface area contributed by atoms with Gasteiger partial charge in [0.2, 0.25) is 0 Å². The molecular weight excluding hydrogens is 138 g/mol. The van der Waals surface area contributed by atoms with Gasteiger partial charge in [-0.1, -0.05) is 0 Å². The first-order chi connectivity index (χ1) is 4.72. The molecule has 5 heteroatoms. The summed E-state index contributed by atoms with van der Waals surface area (Å²) in [6.07, 6.45) is 0. The van der Waals surface area contributed by atoms with Crippen LogP contribution in [0.15, 0.2) is 0 Å². The van der Waals surface area contributed by atoms with Crippen molar-refractivity contribution < 1.29 is 19.7 Å². The maximum Gasteiger partial charge on any atom is 0.325 e. The van der Waals surface area contributed by atoms with Crippen LogP contribution in [0.4, 0.5) is 0 Å². The number of hydrogen-bond donors (Lipinski definition) is 3. The molecule has 0 aromatic heterocycles. The average Bonchev–Trinajstić information content (AvgIpc) is 1.98. The fraction of sp³-hybridized carbons (Fsp3) is 0.800. The molecule has 0 aliphatic carbocycles. The Morgan fingerprint density at radius 3 is 2.60 bits per heavy atom. The Morgan fingerprint density at radius 2 is 2.20 bits per heavy atom. The fourth-order valence-corrected chi connectivity index (χ4v) is 0.328. The minimum Gasteiger partial charge on any atom is -0.462 e. The second-order valence-corrected chi connectivity index (χ2v) is 1.68. The molecule has 0 bridgehead atoms. The number of aliphatic hydroxyl groups excluding tert-OH is 2. The molecule has 0 aromatic rings. The fourth-order valence-electron chi connectivity index (χ4n) is 0.328. The highest BCUT2D eigenvalue weighted by atomic mass is 16.5. The van der Waals surface area contributed by atoms with Gasteiger partial charge in [-0.3, -0.25) is 4.79 Å². The number of nitrogens with two attached hydrogens (primary N) is 1. The lowest BCUT2D eigenvalue weighted by Gasteiger charge is -2.06. The van der Waals surface area contributed by atoms with Crippen molar-refractivity contribution in [1.29, 1.82) is 0 Å². The molecule has 1 atom stereocenters. The standard InChI is InChI=1S/C5H11NO4/c6-4(3-8)5(9)10-2-1-7/h4,7-8H,1-3,6H2/t4-/m0/s1. The molecule has 5 nitrogen and oxygen atoms in total. The minimum absolute atomic E-state index is 0.0769. The van der Waals surface area contributed by atoms with Gasteiger partial charge in [-0.15, -0.1) is 0 Å². The first-order valence-electron chi connectivity index (χ1n) is 2.86. The quantitative estimate of drug-likeness (QED) is 0.396. The number of hydrogen-bond acceptors (Lipinski definition) is 5. The van der Waals surface area contributed by atoms with Crippen LogP contribution in [-0.2, 0) is 9.53 Å². The predicted molar refractivity (Wildman–Crippen MR) is 33.1 cm³/mol. The van der Waals surface area contributed by atoms with Crippen LogP contribution < -0.4 is 5.73 Å². The predicted octanol–water partition coefficient (Wildman–Crippen LogP) is -2.16. The number of rotatable bonds is 4. The van der Waals surface area contributed by atoms with Gasteiger partial charge in [0, 0.05) is 0 Å². The Kier molecular flexibility index (Phi) is 4.82. The van der Waals surface area contributed by atoms with E-state index in [0.717, 1.165) is 0 Å². The SMILES string of the molecule is N[C@@H](CO)C(=O)OCCO. The molecule has 0 unspecified atom stereocenters. The van der Waals surface area contributed by atoms with Crippen molar-refractivity contribution in [1.82, 2.24) is 0 Å². The molecule has 10 heavy (non-hydrogen) atoms. The van der Waals surface area contributed by atoms with E-state index >= 15 is 0 Å². The van der Waals surface area contributed by atoms with E-state index in [9.17, 15) is 4.79 Å². The molecule has 0 aliphatic rings. The lowest BCUT2D eigenvalue weighted by molar-refractivity contribution is -0.147. The zero-order valence-corrected chi connectivity index (χ0v) is 5.49. The molecule has 0 saturated carbocycles. The van der Waals surface area contributed by atoms with Gasteiger partial charge in [-0.2, -0.15) is 0 Å². The first-order valence-corrected chi connectivity index (χ1v) is 2.86. The minimum atomic E-state index is -0.994. The summed E-state index contributed by atoms with van der Waals surface area (Å²) in [5.41, 5.74) is 5.05. The molecule has 60 valence electrons. The second kappa shape index (κ2) is 5.16. The van der Waals surface area contributed by atoms with Gasteiger partial charge >= 0.3 is 5.97 Å². The normalized spacial score (nSPS) is 12.7. The largest absolute Gasteiger partial charge is 0.462 e. The Labute approximate surface area is 58.4 Å². The van der Waals surface area contributed by atoms with Crippen molar-refractivity contribution in [2.75, 3.05) is 19.8 Å². The lowest BCUT2D eigenvalue weighted by Crippen LogP contribution is -2.36. The van der Waals surface area contributed by atoms with Crippen molar-refractivity contribution >= 4 is 5.97 Å². The summed E-state index contributed by atoms with van der Waals surface area (Å²) in [6, 6.07) is -0.994. The molecule has 0 aliphatic heterocycles. The average molecular weight is 149 g/mol. The number of esters is 1. The molecule has 0 aromatic carbocycles. The highest BCUT2D eigenvalue weighted by Crippen LogP contribution is 1.82. The van der Waals surface area contributed by atoms with Gasteiger partial charge in [-0.25, -0.2) is 0 Å². The van der Waals surface area contributed by atoms with E-state index in [2.05, 4.69) is 4.74 Å². The molecule has 0 radical (unpaired) electrons. The van der Waals surface area contributed by atoms with E-state index in [0.29, 0.717) is 0 Å². The number of aliphatic hydroxyl groups is 2. The lowest BCUT2D eigenvalue weighted by atomic mass is 10.3. The first kappa shape index (κ1) is 9.35. The summed E-state index contributed by atoms with van der Waals surface area (Å²) in [7, 11) is 0. The van der Waals surface area contributed by atoms with Crippen LogP contribution in [0.25, 0.3) is 0 Å². The summed E-state index contributed by atoms with van der Waals surface area (Å²) >= 11 is 0. The molecule has 0 fully saturated rings. The summed E-state index contributed by atoms with van der Waals surface area (Å²) in [5, 5.41) is 16.5. The van der Waals surface area contributed by atoms with E-state index < -0.39 is 18.6 Å². The number of ether oxygens (including phenoxy) is 1. The van der Waals surface area contributed by atoms with Crippen LogP contribution in [0, 0.1) is 0 Å². The summed E-state index contributed by atoms with van der Waals surface area (Å²) < 4.78 is 4.37. The van der Waals surface area contributed by atoms with Crippen LogP contribution in [0.3, 0.4) is 0 Å². The maximum absolute atomic E-state index is 10.5. The van der Waals surface area contributed by atoms with Gasteiger partial charge in [0.05, 0.1) is 13.2 Å². The summed E-state index contributed by atoms with van der Waals surface area (Å²) in [5.74, 6) is -0.698. The topological polar surface area (TPSA) is 92.8 Å². The van der Waals surface area contributed by atoms with Crippen molar-refractivity contribution in [3.8, 4) is 0 Å². The zero-order valence-electron chi connectivity index (χ0n) is 5.49. The molecule has 0 saturated heterocycles. The van der Waals surface area contributed by atoms with Crippen molar-refractivity contribution in [2.45, 2.75) is 6.04 Å². The van der Waals surface area contributed by atoms with Gasteiger partial charge in [0.1, 0.15) is 12.6 Å². The maximum atomic E-state index is 10.5. The van der Waals surface area contributed by atoms with Crippen LogP contribution in [0.1, 0.15) is 0 Å². The number of carbonyl (C=O) groups excluding carboxylic acids is 1. The third kappa shape index (κ3) is 3.39. The summed E-state index contributed by atoms with van der Waals surface area (Å²) in [6.45, 7) is -0.749. The molecule has 0 heterocycles. The molecular formula is C5H11NO4. The van der Waals surface area contributed by atoms with E-state index in [1.807, 2.05) is 0 Å². The monoisotopic (exact) mass is 149 g/mol. The molecule has 0 rings (SSSR count). The Morgan fingerprint density at radius 1 is 1.60 bits per heavy atom. The van der Waals surface area contributed by atoms with Crippen molar-refractivity contribution in [3.63, 3.8) is 0 Å². The van der Waals surface area contributed by atoms with E-state index in [4.69, 9.17) is 15.9 Å². The van der Waals surface area contributed by atoms with Crippen LogP contribution >= 0.6 is 0 Å². The van der Waals surface area contributed by atoms with Crippen LogP contribution in [-0.4, -0.2) is 42.0 Å². The van der Waals surface area contributed by atoms with Gasteiger partial charge in [-0.05, 0) is 0 Å². The van der Waals surface area contributed by atoms with Crippen molar-refractivity contribution in [2.24, 2.45) is 5.73 Å². The Balaban J connectivity index is 3.42. The highest BCUT2D eigenvalue weighted by molar-refractivity contribution is 5.75. The second-order valence-electron chi connectivity index (χ2n) is 1.68. The third-order valence-corrected chi connectivity index (χ3v) is 0.835. The van der Waals surface area contributed by atoms with Crippen LogP contribution in [0.2, 0.25) is 0 Å². The molecule has 0 spiro atoms. The molecule has 0 amide bonds. The molecule has 4 N–H and O–H groups in total. The van der Waals surface area contributed by atoms with Gasteiger partial charge < -0.3 is 20.7 Å². The van der Waals surface area contributed by atoms with Gasteiger partial charge in [0.15, 0.2) is 0 Å². The van der Waals surface area contributed by atoms with E-state index in [-0.39, 0.29) is 13.2 Å². The van der Waals surface area contributed by atoms with Gasteiger partial charge in [0.25, 0.3) is 0 Å². The highest BCUT2D eigenvalue weighted by Gasteiger charge is 2.12. The van der Waals surface area contributed by atoms with E-state index in [1.54, 1.807) is 0 Å². The smallest absolute Gasteiger partial charge is 0.325 e. The van der Waals surface area contributed by atoms with Crippen LogP contribution in [0.5, 0.6) is 0 Å². The van der Waals surface area contributed by atoms with E-state index in [1.165, 1.54) is 0 Å². The Hall–Kier alpha value is -0.650. The third-order valence-electron chi connectivity index (χ3n) is 0.835.